The Labute approximate surface area is 199 Å². The van der Waals surface area contributed by atoms with Gasteiger partial charge in [0.1, 0.15) is 15.9 Å². The van der Waals surface area contributed by atoms with Crippen molar-refractivity contribution < 1.29 is 4.79 Å². The van der Waals surface area contributed by atoms with E-state index in [4.69, 9.17) is 4.98 Å². The van der Waals surface area contributed by atoms with Gasteiger partial charge in [-0.15, -0.1) is 22.7 Å². The van der Waals surface area contributed by atoms with Crippen molar-refractivity contribution in [1.82, 2.24) is 9.55 Å². The summed E-state index contributed by atoms with van der Waals surface area (Å²) in [5, 5.41) is 14.1. The van der Waals surface area contributed by atoms with Gasteiger partial charge in [0.25, 0.3) is 5.56 Å². The Bertz CT molecular complexity index is 1300. The summed E-state index contributed by atoms with van der Waals surface area (Å²) in [6.45, 7) is 8.16. The number of thioether (sulfide) groups is 1. The Morgan fingerprint density at radius 2 is 2.03 bits per heavy atom. The van der Waals surface area contributed by atoms with E-state index in [9.17, 15) is 14.9 Å². The van der Waals surface area contributed by atoms with E-state index >= 15 is 0 Å². The molecule has 0 aromatic carbocycles. The Morgan fingerprint density at radius 3 is 2.75 bits per heavy atom. The summed E-state index contributed by atoms with van der Waals surface area (Å²) in [5.41, 5.74) is 2.66. The lowest BCUT2D eigenvalue weighted by Gasteiger charge is -2.14. The second-order valence-electron chi connectivity index (χ2n) is 8.04. The minimum absolute atomic E-state index is 0.0526. The van der Waals surface area contributed by atoms with Crippen LogP contribution in [0.3, 0.4) is 0 Å². The third kappa shape index (κ3) is 4.12. The van der Waals surface area contributed by atoms with Crippen LogP contribution in [0.25, 0.3) is 10.2 Å². The van der Waals surface area contributed by atoms with Crippen LogP contribution < -0.4 is 10.9 Å². The fraction of sp³-hybridized carbons (Fsp3) is 0.478. The highest BCUT2D eigenvalue weighted by molar-refractivity contribution is 8.00. The molecular formula is C23H26N4O2S3. The highest BCUT2D eigenvalue weighted by Crippen LogP contribution is 2.37. The topological polar surface area (TPSA) is 87.8 Å². The monoisotopic (exact) mass is 486 g/mol. The second kappa shape index (κ2) is 9.38. The molecule has 168 valence electrons. The summed E-state index contributed by atoms with van der Waals surface area (Å²) in [4.78, 5) is 33.8. The molecule has 1 amide bonds. The van der Waals surface area contributed by atoms with E-state index in [1.807, 2.05) is 27.7 Å². The fourth-order valence-electron chi connectivity index (χ4n) is 4.05. The quantitative estimate of drug-likeness (QED) is 0.296. The van der Waals surface area contributed by atoms with Crippen molar-refractivity contribution in [2.75, 3.05) is 5.32 Å². The molecule has 4 rings (SSSR count). The van der Waals surface area contributed by atoms with Crippen LogP contribution in [0.5, 0.6) is 0 Å². The normalized spacial score (nSPS) is 14.6. The fourth-order valence-corrected chi connectivity index (χ4v) is 7.34. The van der Waals surface area contributed by atoms with E-state index < -0.39 is 5.25 Å². The Balaban J connectivity index is 1.59. The first-order valence-electron chi connectivity index (χ1n) is 10.9. The molecule has 1 aliphatic carbocycles. The van der Waals surface area contributed by atoms with Gasteiger partial charge < -0.3 is 5.32 Å². The smallest absolute Gasteiger partial charge is 0.263 e. The molecule has 9 heteroatoms. The molecule has 3 aromatic heterocycles. The number of amides is 1. The maximum absolute atomic E-state index is 13.1. The number of aryl methyl sites for hydroxylation is 3. The number of hydrogen-bond donors (Lipinski definition) is 1. The maximum Gasteiger partial charge on any atom is 0.263 e. The van der Waals surface area contributed by atoms with Gasteiger partial charge in [-0.2, -0.15) is 5.26 Å². The first kappa shape index (κ1) is 23.0. The number of aromatic nitrogens is 2. The van der Waals surface area contributed by atoms with Gasteiger partial charge in [0.15, 0.2) is 5.16 Å². The minimum atomic E-state index is -0.465. The molecule has 0 aliphatic heterocycles. The number of rotatable bonds is 5. The molecule has 0 radical (unpaired) electrons. The summed E-state index contributed by atoms with van der Waals surface area (Å²) in [6.07, 6.45) is 5.27. The molecule has 0 fully saturated rings. The van der Waals surface area contributed by atoms with Crippen LogP contribution in [0.1, 0.15) is 59.6 Å². The molecule has 1 atom stereocenters. The number of nitrogens with one attached hydrogen (secondary N) is 1. The molecule has 1 unspecified atom stereocenters. The predicted octanol–water partition coefficient (Wildman–Crippen LogP) is 5.42. The number of thiophene rings is 2. The SMILES string of the molecule is CCn1c(SC(C)C(=O)Nc2sc3c(c2C#N)CCCCC3)nc2sc(C)c(C)c2c1=O. The lowest BCUT2D eigenvalue weighted by Crippen LogP contribution is -2.26. The van der Waals surface area contributed by atoms with Crippen molar-refractivity contribution in [3.8, 4) is 6.07 Å². The van der Waals surface area contributed by atoms with Crippen LogP contribution in [0.2, 0.25) is 0 Å². The summed E-state index contributed by atoms with van der Waals surface area (Å²) in [5.74, 6) is -0.182. The Kier molecular flexibility index (Phi) is 6.75. The van der Waals surface area contributed by atoms with E-state index in [0.29, 0.717) is 27.7 Å². The van der Waals surface area contributed by atoms with Crippen LogP contribution in [-0.4, -0.2) is 20.7 Å². The largest absolute Gasteiger partial charge is 0.316 e. The molecule has 0 saturated carbocycles. The van der Waals surface area contributed by atoms with Crippen molar-refractivity contribution in [3.63, 3.8) is 0 Å². The molecule has 0 bridgehead atoms. The van der Waals surface area contributed by atoms with Gasteiger partial charge in [-0.25, -0.2) is 4.98 Å². The van der Waals surface area contributed by atoms with Crippen molar-refractivity contribution in [2.24, 2.45) is 0 Å². The highest BCUT2D eigenvalue weighted by Gasteiger charge is 2.25. The van der Waals surface area contributed by atoms with Crippen molar-refractivity contribution in [3.05, 3.63) is 36.8 Å². The van der Waals surface area contributed by atoms with Gasteiger partial charge in [0, 0.05) is 16.3 Å². The zero-order valence-corrected chi connectivity index (χ0v) is 21.2. The summed E-state index contributed by atoms with van der Waals surface area (Å²) >= 11 is 4.34. The molecule has 32 heavy (non-hydrogen) atoms. The Morgan fingerprint density at radius 1 is 1.28 bits per heavy atom. The Hall–Kier alpha value is -2.15. The van der Waals surface area contributed by atoms with Gasteiger partial charge in [0.05, 0.1) is 16.2 Å². The van der Waals surface area contributed by atoms with Gasteiger partial charge in [-0.3, -0.25) is 14.2 Å². The van der Waals surface area contributed by atoms with Crippen LogP contribution in [0.4, 0.5) is 5.00 Å². The maximum atomic E-state index is 13.1. The molecule has 1 N–H and O–H groups in total. The van der Waals surface area contributed by atoms with Crippen LogP contribution >= 0.6 is 34.4 Å². The van der Waals surface area contributed by atoms with E-state index in [1.165, 1.54) is 45.7 Å². The summed E-state index contributed by atoms with van der Waals surface area (Å²) < 4.78 is 1.64. The lowest BCUT2D eigenvalue weighted by atomic mass is 10.1. The minimum Gasteiger partial charge on any atom is -0.316 e. The molecular weight excluding hydrogens is 460 g/mol. The van der Waals surface area contributed by atoms with Gasteiger partial charge in [0.2, 0.25) is 5.91 Å². The van der Waals surface area contributed by atoms with Crippen LogP contribution in [-0.2, 0) is 24.2 Å². The highest BCUT2D eigenvalue weighted by atomic mass is 32.2. The van der Waals surface area contributed by atoms with Crippen molar-refractivity contribution in [1.29, 1.82) is 5.26 Å². The zero-order chi connectivity index (χ0) is 23.0. The zero-order valence-electron chi connectivity index (χ0n) is 18.7. The summed E-state index contributed by atoms with van der Waals surface area (Å²) in [7, 11) is 0. The number of anilines is 1. The third-order valence-electron chi connectivity index (χ3n) is 5.99. The van der Waals surface area contributed by atoms with Crippen LogP contribution in [0.15, 0.2) is 9.95 Å². The van der Waals surface area contributed by atoms with Gasteiger partial charge in [-0.05, 0) is 64.5 Å². The molecule has 3 heterocycles. The lowest BCUT2D eigenvalue weighted by molar-refractivity contribution is -0.115. The van der Waals surface area contributed by atoms with Gasteiger partial charge >= 0.3 is 0 Å². The molecule has 0 spiro atoms. The average Bonchev–Trinajstić information content (AvgIpc) is 3.12. The first-order valence-corrected chi connectivity index (χ1v) is 13.4. The number of hydrogen-bond acceptors (Lipinski definition) is 7. The molecule has 3 aromatic rings. The van der Waals surface area contributed by atoms with E-state index in [0.717, 1.165) is 46.5 Å². The predicted molar refractivity (Wildman–Crippen MR) is 133 cm³/mol. The standard InChI is InChI=1S/C23H26N4O2S3/c1-5-27-22(29)18-12(2)13(3)30-21(18)26-23(27)31-14(4)19(28)25-20-16(11-24)15-9-7-6-8-10-17(15)32-20/h14H,5-10H2,1-4H3,(H,25,28). The summed E-state index contributed by atoms with van der Waals surface area (Å²) in [6, 6.07) is 2.31. The van der Waals surface area contributed by atoms with E-state index in [1.54, 1.807) is 4.57 Å². The third-order valence-corrected chi connectivity index (χ3v) is 9.39. The van der Waals surface area contributed by atoms with E-state index in [2.05, 4.69) is 11.4 Å². The van der Waals surface area contributed by atoms with Crippen LogP contribution in [0, 0.1) is 25.2 Å². The first-order chi connectivity index (χ1) is 15.3. The number of nitriles is 1. The number of fused-ring (bicyclic) bond motifs is 2. The van der Waals surface area contributed by atoms with Crippen molar-refractivity contribution in [2.45, 2.75) is 76.8 Å². The number of carbonyl (C=O) groups is 1. The van der Waals surface area contributed by atoms with E-state index in [-0.39, 0.29) is 11.5 Å². The number of carbonyl (C=O) groups excluding carboxylic acids is 1. The molecule has 6 nitrogen and oxygen atoms in total. The number of nitrogens with zero attached hydrogens (tertiary/aromatic N) is 3. The second-order valence-corrected chi connectivity index (χ2v) is 11.7. The molecule has 1 aliphatic rings. The van der Waals surface area contributed by atoms with Gasteiger partial charge in [-0.1, -0.05) is 18.2 Å². The average molecular weight is 487 g/mol. The molecule has 0 saturated heterocycles. The van der Waals surface area contributed by atoms with Crippen molar-refractivity contribution >= 4 is 55.6 Å².